The summed E-state index contributed by atoms with van der Waals surface area (Å²) in [5.74, 6) is -0.0202. The van der Waals surface area contributed by atoms with Gasteiger partial charge >= 0.3 is 5.97 Å². The van der Waals surface area contributed by atoms with Crippen LogP contribution in [0.2, 0.25) is 5.15 Å². The van der Waals surface area contributed by atoms with Crippen LogP contribution in [0.5, 0.6) is 0 Å². The van der Waals surface area contributed by atoms with E-state index >= 15 is 0 Å². The minimum Gasteiger partial charge on any atom is -0.462 e. The van der Waals surface area contributed by atoms with Crippen LogP contribution in [0.15, 0.2) is 6.20 Å². The van der Waals surface area contributed by atoms with Crippen LogP contribution in [0.4, 0.5) is 0 Å². The van der Waals surface area contributed by atoms with Gasteiger partial charge in [-0.3, -0.25) is 0 Å². The fourth-order valence-corrected chi connectivity index (χ4v) is 2.78. The molecule has 0 bridgehead atoms. The molecule has 22 heavy (non-hydrogen) atoms. The van der Waals surface area contributed by atoms with Gasteiger partial charge in [0, 0.05) is 16.9 Å². The largest absolute Gasteiger partial charge is 0.462 e. The number of carbonyl (C=O) groups is 1. The zero-order chi connectivity index (χ0) is 16.5. The molecule has 0 fully saturated rings. The Morgan fingerprint density at radius 2 is 2.09 bits per heavy atom. The van der Waals surface area contributed by atoms with Crippen molar-refractivity contribution in [1.29, 1.82) is 0 Å². The molecule has 0 saturated heterocycles. The number of halogens is 2. The molecule has 0 N–H and O–H groups in total. The Morgan fingerprint density at radius 1 is 1.41 bits per heavy atom. The third-order valence-corrected chi connectivity index (χ3v) is 3.81. The van der Waals surface area contributed by atoms with Gasteiger partial charge in [0.15, 0.2) is 5.65 Å². The van der Waals surface area contributed by atoms with Gasteiger partial charge < -0.3 is 4.74 Å². The Bertz CT molecular complexity index is 705. The maximum absolute atomic E-state index is 12.0. The summed E-state index contributed by atoms with van der Waals surface area (Å²) in [4.78, 5) is 16.7. The van der Waals surface area contributed by atoms with Gasteiger partial charge in [-0.1, -0.05) is 32.4 Å². The SMILES string of the molecule is CCOC(=O)c1cnn2c(Cl)c(CCCl)c(C(C)(C)C)nc12. The number of ether oxygens (including phenoxy) is 1. The normalized spacial score (nSPS) is 11.9. The molecule has 5 nitrogen and oxygen atoms in total. The van der Waals surface area contributed by atoms with Crippen molar-refractivity contribution < 1.29 is 9.53 Å². The highest BCUT2D eigenvalue weighted by Crippen LogP contribution is 2.31. The van der Waals surface area contributed by atoms with Crippen LogP contribution in [0, 0.1) is 0 Å². The van der Waals surface area contributed by atoms with Gasteiger partial charge in [0.2, 0.25) is 0 Å². The van der Waals surface area contributed by atoms with Gasteiger partial charge in [0.1, 0.15) is 10.7 Å². The summed E-state index contributed by atoms with van der Waals surface area (Å²) in [5, 5.41) is 4.60. The second kappa shape index (κ2) is 6.42. The highest BCUT2D eigenvalue weighted by Gasteiger charge is 2.26. The van der Waals surface area contributed by atoms with Crippen molar-refractivity contribution in [2.75, 3.05) is 12.5 Å². The quantitative estimate of drug-likeness (QED) is 0.483. The lowest BCUT2D eigenvalue weighted by Gasteiger charge is -2.22. The number of hydrogen-bond donors (Lipinski definition) is 0. The number of rotatable bonds is 4. The third kappa shape index (κ3) is 3.06. The first kappa shape index (κ1) is 17.0. The summed E-state index contributed by atoms with van der Waals surface area (Å²) < 4.78 is 6.50. The van der Waals surface area contributed by atoms with E-state index in [0.717, 1.165) is 11.3 Å². The first-order chi connectivity index (χ1) is 10.3. The van der Waals surface area contributed by atoms with Gasteiger partial charge in [-0.25, -0.2) is 14.3 Å². The molecule has 2 rings (SSSR count). The standard InChI is InChI=1S/C15H19Cl2N3O2/c1-5-22-14(21)10-8-18-20-12(17)9(6-7-16)11(15(2,3)4)19-13(10)20/h8H,5-7H2,1-4H3. The molecular weight excluding hydrogens is 325 g/mol. The third-order valence-electron chi connectivity index (χ3n) is 3.23. The predicted molar refractivity (Wildman–Crippen MR) is 87.1 cm³/mol. The first-order valence-electron chi connectivity index (χ1n) is 7.11. The highest BCUT2D eigenvalue weighted by atomic mass is 35.5. The molecule has 0 unspecified atom stereocenters. The molecule has 0 amide bonds. The van der Waals surface area contributed by atoms with Crippen molar-refractivity contribution >= 4 is 34.8 Å². The Balaban J connectivity index is 2.73. The summed E-state index contributed by atoms with van der Waals surface area (Å²) in [6, 6.07) is 0. The Morgan fingerprint density at radius 3 is 2.64 bits per heavy atom. The van der Waals surface area contributed by atoms with Crippen molar-refractivity contribution in [1.82, 2.24) is 14.6 Å². The molecule has 2 aromatic heterocycles. The molecule has 0 radical (unpaired) electrons. The van der Waals surface area contributed by atoms with Gasteiger partial charge in [-0.2, -0.15) is 5.10 Å². The maximum atomic E-state index is 12.0. The van der Waals surface area contributed by atoms with E-state index in [1.165, 1.54) is 10.7 Å². The number of alkyl halides is 1. The van der Waals surface area contributed by atoms with Crippen LogP contribution in [-0.4, -0.2) is 33.1 Å². The van der Waals surface area contributed by atoms with Crippen molar-refractivity contribution in [3.63, 3.8) is 0 Å². The van der Waals surface area contributed by atoms with Crippen LogP contribution in [-0.2, 0) is 16.6 Å². The molecule has 0 aliphatic carbocycles. The smallest absolute Gasteiger partial charge is 0.343 e. The van der Waals surface area contributed by atoms with E-state index in [1.807, 2.05) is 20.8 Å². The molecule has 0 spiro atoms. The fourth-order valence-electron chi connectivity index (χ4n) is 2.28. The molecular formula is C15H19Cl2N3O2. The number of hydrogen-bond acceptors (Lipinski definition) is 4. The van der Waals surface area contributed by atoms with Crippen molar-refractivity contribution in [3.8, 4) is 0 Å². The average molecular weight is 344 g/mol. The Labute approximate surface area is 139 Å². The molecule has 0 aliphatic heterocycles. The number of nitrogens with zero attached hydrogens (tertiary/aromatic N) is 3. The van der Waals surface area contributed by atoms with Gasteiger partial charge in [-0.15, -0.1) is 11.6 Å². The van der Waals surface area contributed by atoms with Crippen molar-refractivity contribution in [2.24, 2.45) is 0 Å². The Hall–Kier alpha value is -1.33. The first-order valence-corrected chi connectivity index (χ1v) is 8.02. The lowest BCUT2D eigenvalue weighted by Crippen LogP contribution is -2.20. The number of carbonyl (C=O) groups excluding carboxylic acids is 1. The lowest BCUT2D eigenvalue weighted by atomic mass is 9.88. The molecule has 120 valence electrons. The minimum absolute atomic E-state index is 0.233. The van der Waals surface area contributed by atoms with Gasteiger partial charge in [0.25, 0.3) is 0 Å². The summed E-state index contributed by atoms with van der Waals surface area (Å²) in [6.45, 7) is 8.17. The van der Waals surface area contributed by atoms with E-state index in [0.29, 0.717) is 35.3 Å². The van der Waals surface area contributed by atoms with E-state index in [-0.39, 0.29) is 5.41 Å². The molecule has 0 atom stereocenters. The van der Waals surface area contributed by atoms with Gasteiger partial charge in [0.05, 0.1) is 18.5 Å². The van der Waals surface area contributed by atoms with Crippen molar-refractivity contribution in [3.05, 3.63) is 28.2 Å². The number of fused-ring (bicyclic) bond motifs is 1. The van der Waals surface area contributed by atoms with Crippen LogP contribution < -0.4 is 0 Å². The molecule has 2 heterocycles. The highest BCUT2D eigenvalue weighted by molar-refractivity contribution is 6.30. The molecule has 0 aromatic carbocycles. The zero-order valence-corrected chi connectivity index (χ0v) is 14.6. The van der Waals surface area contributed by atoms with E-state index in [4.69, 9.17) is 27.9 Å². The monoisotopic (exact) mass is 343 g/mol. The summed E-state index contributed by atoms with van der Waals surface area (Å²) in [6.07, 6.45) is 2.02. The second-order valence-corrected chi connectivity index (χ2v) is 6.67. The van der Waals surface area contributed by atoms with Crippen LogP contribution in [0.3, 0.4) is 0 Å². The topological polar surface area (TPSA) is 56.5 Å². The van der Waals surface area contributed by atoms with E-state index in [1.54, 1.807) is 6.92 Å². The van der Waals surface area contributed by atoms with E-state index in [2.05, 4.69) is 10.1 Å². The maximum Gasteiger partial charge on any atom is 0.343 e. The van der Waals surface area contributed by atoms with Gasteiger partial charge in [-0.05, 0) is 13.3 Å². The van der Waals surface area contributed by atoms with Crippen LogP contribution in [0.25, 0.3) is 5.65 Å². The summed E-state index contributed by atoms with van der Waals surface area (Å²) in [7, 11) is 0. The minimum atomic E-state index is -0.453. The fraction of sp³-hybridized carbons (Fsp3) is 0.533. The average Bonchev–Trinajstić information content (AvgIpc) is 2.85. The second-order valence-electron chi connectivity index (χ2n) is 5.93. The molecule has 2 aromatic rings. The summed E-state index contributed by atoms with van der Waals surface area (Å²) in [5.41, 5.74) is 2.16. The van der Waals surface area contributed by atoms with Crippen LogP contribution >= 0.6 is 23.2 Å². The van der Waals surface area contributed by atoms with Crippen molar-refractivity contribution in [2.45, 2.75) is 39.5 Å². The van der Waals surface area contributed by atoms with Crippen LogP contribution in [0.1, 0.15) is 49.3 Å². The predicted octanol–water partition coefficient (Wildman–Crippen LogP) is 3.64. The molecule has 0 aliphatic rings. The van der Waals surface area contributed by atoms with E-state index in [9.17, 15) is 4.79 Å². The summed E-state index contributed by atoms with van der Waals surface area (Å²) >= 11 is 12.4. The number of aromatic nitrogens is 3. The lowest BCUT2D eigenvalue weighted by molar-refractivity contribution is 0.0528. The molecule has 7 heteroatoms. The van der Waals surface area contributed by atoms with E-state index < -0.39 is 5.97 Å². The number of esters is 1. The zero-order valence-electron chi connectivity index (χ0n) is 13.1. The Kier molecular flexibility index (Phi) is 4.97. The molecule has 0 saturated carbocycles.